The Morgan fingerprint density at radius 2 is 1.67 bits per heavy atom. The second-order valence-corrected chi connectivity index (χ2v) is 4.49. The standard InChI is InChI=1S/C16H17ClO/c17-13-15-8-4-10-16(12-15)18-11-5-9-14-6-2-1-3-7-14/h1-4,6-8,10,12H,5,9,11,13H2. The number of rotatable bonds is 6. The first kappa shape index (κ1) is 13.0. The molecule has 0 atom stereocenters. The van der Waals surface area contributed by atoms with E-state index in [2.05, 4.69) is 24.3 Å². The molecule has 2 rings (SSSR count). The molecule has 0 aliphatic heterocycles. The first-order valence-electron chi connectivity index (χ1n) is 6.20. The lowest BCUT2D eigenvalue weighted by atomic mass is 10.1. The predicted molar refractivity (Wildman–Crippen MR) is 76.3 cm³/mol. The first-order valence-corrected chi connectivity index (χ1v) is 6.73. The average molecular weight is 261 g/mol. The molecule has 0 radical (unpaired) electrons. The van der Waals surface area contributed by atoms with Gasteiger partial charge in [0.2, 0.25) is 0 Å². The van der Waals surface area contributed by atoms with Crippen molar-refractivity contribution in [3.8, 4) is 5.75 Å². The minimum absolute atomic E-state index is 0.529. The van der Waals surface area contributed by atoms with Crippen molar-refractivity contribution in [1.82, 2.24) is 0 Å². The van der Waals surface area contributed by atoms with Crippen LogP contribution < -0.4 is 4.74 Å². The summed E-state index contributed by atoms with van der Waals surface area (Å²) in [5, 5.41) is 0. The van der Waals surface area contributed by atoms with Gasteiger partial charge in [0.25, 0.3) is 0 Å². The van der Waals surface area contributed by atoms with E-state index in [0.717, 1.165) is 30.8 Å². The van der Waals surface area contributed by atoms with Gasteiger partial charge in [-0.05, 0) is 36.1 Å². The molecule has 0 aromatic heterocycles. The minimum Gasteiger partial charge on any atom is -0.494 e. The van der Waals surface area contributed by atoms with E-state index < -0.39 is 0 Å². The van der Waals surface area contributed by atoms with Crippen LogP contribution in [-0.2, 0) is 12.3 Å². The van der Waals surface area contributed by atoms with Gasteiger partial charge in [-0.3, -0.25) is 0 Å². The Kier molecular flexibility index (Phi) is 5.10. The summed E-state index contributed by atoms with van der Waals surface area (Å²) in [7, 11) is 0. The molecule has 94 valence electrons. The molecule has 0 bridgehead atoms. The number of hydrogen-bond donors (Lipinski definition) is 0. The summed E-state index contributed by atoms with van der Waals surface area (Å²) >= 11 is 5.78. The SMILES string of the molecule is ClCc1cccc(OCCCc2ccccc2)c1. The van der Waals surface area contributed by atoms with Gasteiger partial charge < -0.3 is 4.74 Å². The third-order valence-electron chi connectivity index (χ3n) is 2.77. The number of ether oxygens (including phenoxy) is 1. The number of benzene rings is 2. The summed E-state index contributed by atoms with van der Waals surface area (Å²) in [6.07, 6.45) is 2.07. The average Bonchev–Trinajstić information content (AvgIpc) is 2.45. The van der Waals surface area contributed by atoms with E-state index in [9.17, 15) is 0 Å². The topological polar surface area (TPSA) is 9.23 Å². The molecular weight excluding hydrogens is 244 g/mol. The molecule has 2 aromatic carbocycles. The third kappa shape index (κ3) is 4.08. The highest BCUT2D eigenvalue weighted by Gasteiger charge is 1.97. The lowest BCUT2D eigenvalue weighted by molar-refractivity contribution is 0.311. The molecule has 0 spiro atoms. The van der Waals surface area contributed by atoms with Crippen molar-refractivity contribution in [3.05, 3.63) is 65.7 Å². The molecule has 0 fully saturated rings. The fourth-order valence-corrected chi connectivity index (χ4v) is 2.00. The molecule has 0 heterocycles. The highest BCUT2D eigenvalue weighted by atomic mass is 35.5. The first-order chi connectivity index (χ1) is 8.88. The largest absolute Gasteiger partial charge is 0.494 e. The van der Waals surface area contributed by atoms with E-state index in [0.29, 0.717) is 5.88 Å². The molecular formula is C16H17ClO. The Hall–Kier alpha value is -1.47. The van der Waals surface area contributed by atoms with E-state index in [4.69, 9.17) is 16.3 Å². The number of hydrogen-bond acceptors (Lipinski definition) is 1. The minimum atomic E-state index is 0.529. The smallest absolute Gasteiger partial charge is 0.119 e. The Balaban J connectivity index is 1.75. The maximum Gasteiger partial charge on any atom is 0.119 e. The van der Waals surface area contributed by atoms with Crippen LogP contribution in [-0.4, -0.2) is 6.61 Å². The molecule has 0 aliphatic carbocycles. The van der Waals surface area contributed by atoms with Crippen molar-refractivity contribution >= 4 is 11.6 Å². The van der Waals surface area contributed by atoms with Crippen LogP contribution in [0.1, 0.15) is 17.5 Å². The monoisotopic (exact) mass is 260 g/mol. The van der Waals surface area contributed by atoms with Gasteiger partial charge in [0.05, 0.1) is 6.61 Å². The summed E-state index contributed by atoms with van der Waals surface area (Å²) in [5.74, 6) is 1.43. The molecule has 0 saturated heterocycles. The van der Waals surface area contributed by atoms with Crippen molar-refractivity contribution in [3.63, 3.8) is 0 Å². The highest BCUT2D eigenvalue weighted by molar-refractivity contribution is 6.17. The fourth-order valence-electron chi connectivity index (χ4n) is 1.83. The van der Waals surface area contributed by atoms with Gasteiger partial charge in [-0.1, -0.05) is 42.5 Å². The van der Waals surface area contributed by atoms with E-state index in [1.807, 2.05) is 30.3 Å². The van der Waals surface area contributed by atoms with Crippen LogP contribution in [0, 0.1) is 0 Å². The van der Waals surface area contributed by atoms with Crippen molar-refractivity contribution in [2.45, 2.75) is 18.7 Å². The van der Waals surface area contributed by atoms with Crippen LogP contribution in [0.5, 0.6) is 5.75 Å². The van der Waals surface area contributed by atoms with Gasteiger partial charge in [-0.2, -0.15) is 0 Å². The lowest BCUT2D eigenvalue weighted by Gasteiger charge is -2.07. The van der Waals surface area contributed by atoms with Crippen molar-refractivity contribution < 1.29 is 4.74 Å². The van der Waals surface area contributed by atoms with Crippen LogP contribution in [0.15, 0.2) is 54.6 Å². The second-order valence-electron chi connectivity index (χ2n) is 4.22. The van der Waals surface area contributed by atoms with Crippen molar-refractivity contribution in [2.75, 3.05) is 6.61 Å². The van der Waals surface area contributed by atoms with Crippen LogP contribution in [0.3, 0.4) is 0 Å². The molecule has 2 aromatic rings. The van der Waals surface area contributed by atoms with Crippen molar-refractivity contribution in [1.29, 1.82) is 0 Å². The Morgan fingerprint density at radius 1 is 0.889 bits per heavy atom. The Morgan fingerprint density at radius 3 is 2.44 bits per heavy atom. The molecule has 0 amide bonds. The summed E-state index contributed by atoms with van der Waals surface area (Å²) < 4.78 is 5.71. The number of alkyl halides is 1. The quantitative estimate of drug-likeness (QED) is 0.551. The van der Waals surface area contributed by atoms with Gasteiger partial charge in [-0.25, -0.2) is 0 Å². The van der Waals surface area contributed by atoms with Gasteiger partial charge in [0.15, 0.2) is 0 Å². The zero-order chi connectivity index (χ0) is 12.6. The zero-order valence-corrected chi connectivity index (χ0v) is 11.1. The Labute approximate surface area is 113 Å². The van der Waals surface area contributed by atoms with E-state index in [1.54, 1.807) is 0 Å². The van der Waals surface area contributed by atoms with E-state index in [-0.39, 0.29) is 0 Å². The highest BCUT2D eigenvalue weighted by Crippen LogP contribution is 2.15. The van der Waals surface area contributed by atoms with Gasteiger partial charge in [0.1, 0.15) is 5.75 Å². The zero-order valence-electron chi connectivity index (χ0n) is 10.3. The fraction of sp³-hybridized carbons (Fsp3) is 0.250. The molecule has 2 heteroatoms. The maximum absolute atomic E-state index is 5.78. The maximum atomic E-state index is 5.78. The van der Waals surface area contributed by atoms with E-state index >= 15 is 0 Å². The van der Waals surface area contributed by atoms with Crippen LogP contribution in [0.25, 0.3) is 0 Å². The number of aryl methyl sites for hydroxylation is 1. The molecule has 18 heavy (non-hydrogen) atoms. The van der Waals surface area contributed by atoms with E-state index in [1.165, 1.54) is 5.56 Å². The van der Waals surface area contributed by atoms with Gasteiger partial charge >= 0.3 is 0 Å². The molecule has 0 unspecified atom stereocenters. The number of halogens is 1. The van der Waals surface area contributed by atoms with Crippen molar-refractivity contribution in [2.24, 2.45) is 0 Å². The van der Waals surface area contributed by atoms with Gasteiger partial charge in [-0.15, -0.1) is 11.6 Å². The lowest BCUT2D eigenvalue weighted by Crippen LogP contribution is -1.99. The summed E-state index contributed by atoms with van der Waals surface area (Å²) in [5.41, 5.74) is 2.45. The molecule has 0 saturated carbocycles. The summed E-state index contributed by atoms with van der Waals surface area (Å²) in [6.45, 7) is 0.737. The van der Waals surface area contributed by atoms with Crippen LogP contribution >= 0.6 is 11.6 Å². The third-order valence-corrected chi connectivity index (χ3v) is 3.08. The molecule has 1 nitrogen and oxygen atoms in total. The molecule has 0 N–H and O–H groups in total. The normalized spacial score (nSPS) is 10.3. The summed E-state index contributed by atoms with van der Waals surface area (Å²) in [6, 6.07) is 18.4. The summed E-state index contributed by atoms with van der Waals surface area (Å²) in [4.78, 5) is 0. The van der Waals surface area contributed by atoms with Crippen LogP contribution in [0.2, 0.25) is 0 Å². The Bertz CT molecular complexity index is 468. The predicted octanol–water partition coefficient (Wildman–Crippen LogP) is 4.44. The van der Waals surface area contributed by atoms with Gasteiger partial charge in [0, 0.05) is 5.88 Å². The molecule has 0 aliphatic rings. The van der Waals surface area contributed by atoms with Crippen LogP contribution in [0.4, 0.5) is 0 Å². The second kappa shape index (κ2) is 7.07.